The predicted molar refractivity (Wildman–Crippen MR) is 86.6 cm³/mol. The molecule has 126 valence electrons. The summed E-state index contributed by atoms with van der Waals surface area (Å²) in [5, 5.41) is 10.4. The van der Waals surface area contributed by atoms with Gasteiger partial charge in [0.15, 0.2) is 0 Å². The van der Waals surface area contributed by atoms with Crippen molar-refractivity contribution >= 4 is 17.8 Å². The molecule has 0 bridgehead atoms. The summed E-state index contributed by atoms with van der Waals surface area (Å²) in [5.74, 6) is 0.177. The van der Waals surface area contributed by atoms with Crippen molar-refractivity contribution in [3.05, 3.63) is 41.8 Å². The molecule has 2 amide bonds. The molecule has 1 aromatic carbocycles. The molecule has 0 unspecified atom stereocenters. The van der Waals surface area contributed by atoms with Crippen molar-refractivity contribution in [1.82, 2.24) is 20.4 Å². The maximum atomic E-state index is 12.2. The van der Waals surface area contributed by atoms with Crippen LogP contribution in [0.15, 0.2) is 34.7 Å². The largest absolute Gasteiger partial charge is 0.408 e. The molecule has 0 radical (unpaired) electrons. The van der Waals surface area contributed by atoms with E-state index < -0.39 is 0 Å². The lowest BCUT2D eigenvalue weighted by atomic mass is 10.2. The van der Waals surface area contributed by atoms with Crippen LogP contribution in [0.2, 0.25) is 0 Å². The van der Waals surface area contributed by atoms with Crippen LogP contribution >= 0.6 is 0 Å². The number of benzene rings is 1. The number of carbonyl (C=O) groups is 2. The summed E-state index contributed by atoms with van der Waals surface area (Å²) < 4.78 is 5.39. The lowest BCUT2D eigenvalue weighted by molar-refractivity contribution is -0.130. The molecule has 8 nitrogen and oxygen atoms in total. The number of aryl methyl sites for hydroxylation is 1. The Labute approximate surface area is 139 Å². The number of rotatable bonds is 4. The molecule has 1 aromatic heterocycles. The van der Waals surface area contributed by atoms with Crippen LogP contribution in [0.1, 0.15) is 16.2 Å². The van der Waals surface area contributed by atoms with Crippen LogP contribution in [0.3, 0.4) is 0 Å². The van der Waals surface area contributed by atoms with Crippen molar-refractivity contribution in [2.24, 2.45) is 0 Å². The lowest BCUT2D eigenvalue weighted by Gasteiger charge is -2.33. The summed E-state index contributed by atoms with van der Waals surface area (Å²) in [4.78, 5) is 27.9. The molecular formula is C16H19N5O3. The van der Waals surface area contributed by atoms with Gasteiger partial charge in [-0.2, -0.15) is 0 Å². The van der Waals surface area contributed by atoms with Gasteiger partial charge in [-0.05, 0) is 12.1 Å². The second kappa shape index (κ2) is 7.12. The standard InChI is InChI=1S/C16H19N5O3/c1-12-18-19-16(24-12)21-9-7-20(8-10-21)14(22)11-17-15(23)13-5-3-2-4-6-13/h2-6H,7-11H2,1H3,(H,17,23). The van der Waals surface area contributed by atoms with Gasteiger partial charge in [-0.15, -0.1) is 5.10 Å². The average molecular weight is 329 g/mol. The molecule has 1 saturated heterocycles. The SMILES string of the molecule is Cc1nnc(N2CCN(C(=O)CNC(=O)c3ccccc3)CC2)o1. The number of anilines is 1. The molecule has 3 rings (SSSR count). The van der Waals surface area contributed by atoms with E-state index in [2.05, 4.69) is 15.5 Å². The molecule has 8 heteroatoms. The molecule has 0 atom stereocenters. The van der Waals surface area contributed by atoms with E-state index in [1.54, 1.807) is 36.1 Å². The van der Waals surface area contributed by atoms with E-state index in [9.17, 15) is 9.59 Å². The molecule has 0 saturated carbocycles. The zero-order valence-corrected chi connectivity index (χ0v) is 13.4. The Morgan fingerprint density at radius 3 is 2.46 bits per heavy atom. The van der Waals surface area contributed by atoms with Crippen LogP contribution < -0.4 is 10.2 Å². The van der Waals surface area contributed by atoms with Gasteiger partial charge in [0.05, 0.1) is 6.54 Å². The van der Waals surface area contributed by atoms with Crippen molar-refractivity contribution in [2.45, 2.75) is 6.92 Å². The number of hydrogen-bond acceptors (Lipinski definition) is 6. The molecule has 1 fully saturated rings. The molecule has 0 spiro atoms. The van der Waals surface area contributed by atoms with E-state index in [4.69, 9.17) is 4.42 Å². The van der Waals surface area contributed by atoms with Crippen molar-refractivity contribution in [2.75, 3.05) is 37.6 Å². The first-order valence-electron chi connectivity index (χ1n) is 7.79. The van der Waals surface area contributed by atoms with Crippen molar-refractivity contribution in [3.8, 4) is 0 Å². The zero-order valence-electron chi connectivity index (χ0n) is 13.4. The quantitative estimate of drug-likeness (QED) is 0.876. The number of hydrogen-bond donors (Lipinski definition) is 1. The van der Waals surface area contributed by atoms with Gasteiger partial charge in [0.25, 0.3) is 5.91 Å². The third kappa shape index (κ3) is 3.70. The molecule has 1 N–H and O–H groups in total. The summed E-state index contributed by atoms with van der Waals surface area (Å²) in [7, 11) is 0. The van der Waals surface area contributed by atoms with E-state index in [0.717, 1.165) is 0 Å². The maximum Gasteiger partial charge on any atom is 0.318 e. The smallest absolute Gasteiger partial charge is 0.318 e. The van der Waals surface area contributed by atoms with Crippen LogP contribution in [0.5, 0.6) is 0 Å². The molecule has 2 heterocycles. The first kappa shape index (κ1) is 16.0. The topological polar surface area (TPSA) is 91.6 Å². The highest BCUT2D eigenvalue weighted by Crippen LogP contribution is 2.14. The number of piperazine rings is 1. The van der Waals surface area contributed by atoms with Gasteiger partial charge in [0, 0.05) is 38.7 Å². The Kier molecular flexibility index (Phi) is 4.74. The van der Waals surface area contributed by atoms with E-state index >= 15 is 0 Å². The van der Waals surface area contributed by atoms with Gasteiger partial charge in [0.2, 0.25) is 11.8 Å². The lowest BCUT2D eigenvalue weighted by Crippen LogP contribution is -2.51. The first-order valence-corrected chi connectivity index (χ1v) is 7.79. The maximum absolute atomic E-state index is 12.2. The normalized spacial score (nSPS) is 14.5. The minimum absolute atomic E-state index is 0.00655. The summed E-state index contributed by atoms with van der Waals surface area (Å²) in [6.07, 6.45) is 0. The van der Waals surface area contributed by atoms with Crippen LogP contribution in [0, 0.1) is 6.92 Å². The molecule has 1 aliphatic rings. The fourth-order valence-electron chi connectivity index (χ4n) is 2.52. The van der Waals surface area contributed by atoms with Crippen LogP contribution in [-0.4, -0.2) is 59.6 Å². The van der Waals surface area contributed by atoms with Crippen molar-refractivity contribution < 1.29 is 14.0 Å². The predicted octanol–water partition coefficient (Wildman–Crippen LogP) is 0.457. The molecule has 24 heavy (non-hydrogen) atoms. The Morgan fingerprint density at radius 1 is 1.12 bits per heavy atom. The van der Waals surface area contributed by atoms with E-state index in [0.29, 0.717) is 43.6 Å². The minimum Gasteiger partial charge on any atom is -0.408 e. The van der Waals surface area contributed by atoms with Gasteiger partial charge in [0.1, 0.15) is 0 Å². The second-order valence-corrected chi connectivity index (χ2v) is 5.52. The van der Waals surface area contributed by atoms with Crippen LogP contribution in [0.25, 0.3) is 0 Å². The molecule has 0 aliphatic carbocycles. The minimum atomic E-state index is -0.246. The number of carbonyl (C=O) groups excluding carboxylic acids is 2. The summed E-state index contributed by atoms with van der Waals surface area (Å²) in [6.45, 7) is 4.10. The first-order chi connectivity index (χ1) is 11.6. The number of amides is 2. The Hall–Kier alpha value is -2.90. The Morgan fingerprint density at radius 2 is 1.83 bits per heavy atom. The number of nitrogens with one attached hydrogen (secondary N) is 1. The highest BCUT2D eigenvalue weighted by atomic mass is 16.4. The van der Waals surface area contributed by atoms with Crippen LogP contribution in [-0.2, 0) is 4.79 Å². The Balaban J connectivity index is 1.46. The van der Waals surface area contributed by atoms with Crippen molar-refractivity contribution in [3.63, 3.8) is 0 Å². The number of nitrogens with zero attached hydrogens (tertiary/aromatic N) is 4. The zero-order chi connectivity index (χ0) is 16.9. The average Bonchev–Trinajstić information content (AvgIpc) is 3.06. The van der Waals surface area contributed by atoms with E-state index in [1.165, 1.54) is 0 Å². The fraction of sp³-hybridized carbons (Fsp3) is 0.375. The van der Waals surface area contributed by atoms with Gasteiger partial charge in [-0.25, -0.2) is 0 Å². The monoisotopic (exact) mass is 329 g/mol. The summed E-state index contributed by atoms with van der Waals surface area (Å²) in [6, 6.07) is 9.32. The highest BCUT2D eigenvalue weighted by Gasteiger charge is 2.24. The second-order valence-electron chi connectivity index (χ2n) is 5.52. The van der Waals surface area contributed by atoms with Crippen molar-refractivity contribution in [1.29, 1.82) is 0 Å². The fourth-order valence-corrected chi connectivity index (χ4v) is 2.52. The highest BCUT2D eigenvalue weighted by molar-refractivity contribution is 5.96. The number of aromatic nitrogens is 2. The van der Waals surface area contributed by atoms with Gasteiger partial charge in [-0.1, -0.05) is 23.3 Å². The van der Waals surface area contributed by atoms with E-state index in [1.807, 2.05) is 11.0 Å². The summed E-state index contributed by atoms with van der Waals surface area (Å²) in [5.41, 5.74) is 0.543. The summed E-state index contributed by atoms with van der Waals surface area (Å²) >= 11 is 0. The van der Waals surface area contributed by atoms with Gasteiger partial charge in [-0.3, -0.25) is 9.59 Å². The molecule has 1 aliphatic heterocycles. The van der Waals surface area contributed by atoms with Crippen LogP contribution in [0.4, 0.5) is 6.01 Å². The third-order valence-electron chi connectivity index (χ3n) is 3.85. The molecular weight excluding hydrogens is 310 g/mol. The van der Waals surface area contributed by atoms with Gasteiger partial charge >= 0.3 is 6.01 Å². The third-order valence-corrected chi connectivity index (χ3v) is 3.85. The Bertz CT molecular complexity index is 708. The van der Waals surface area contributed by atoms with Gasteiger partial charge < -0.3 is 19.5 Å². The molecule has 2 aromatic rings. The van der Waals surface area contributed by atoms with E-state index in [-0.39, 0.29) is 18.4 Å².